The summed E-state index contributed by atoms with van der Waals surface area (Å²) in [4.78, 5) is 9.96. The summed E-state index contributed by atoms with van der Waals surface area (Å²) in [6.45, 7) is 1.76. The average molecular weight is 96.1 g/mol. The molecule has 0 aliphatic carbocycles. The number of esters is 1. The monoisotopic (exact) mass is 96.1 g/mol. The number of ether oxygens (including phenoxy) is 1. The maximum absolute atomic E-state index is 9.96. The van der Waals surface area contributed by atoms with Gasteiger partial charge >= 0.3 is 24.8 Å². The summed E-state index contributed by atoms with van der Waals surface area (Å²) in [6, 6.07) is 0. The summed E-state index contributed by atoms with van der Waals surface area (Å²) >= 11 is 0. The molecule has 0 spiro atoms. The van der Waals surface area contributed by atoms with Gasteiger partial charge < -0.3 is 6.16 Å². The number of carbonyl (C=O) groups excluding carboxylic acids is 1. The minimum Gasteiger partial charge on any atom is -1.00 e. The van der Waals surface area contributed by atoms with Crippen LogP contribution in [0.25, 0.3) is 0 Å². The SMILES string of the molecule is CCC(=O)OC.[H-].[Li+]. The van der Waals surface area contributed by atoms with Gasteiger partial charge in [-0.1, -0.05) is 6.92 Å². The van der Waals surface area contributed by atoms with Crippen molar-refractivity contribution in [3.05, 3.63) is 0 Å². The normalized spacial score (nSPS) is 6.57. The van der Waals surface area contributed by atoms with E-state index in [0.717, 1.165) is 0 Å². The van der Waals surface area contributed by atoms with Gasteiger partial charge in [-0.25, -0.2) is 0 Å². The zero-order chi connectivity index (χ0) is 4.99. The van der Waals surface area contributed by atoms with Gasteiger partial charge in [0.15, 0.2) is 0 Å². The molecule has 0 saturated heterocycles. The fourth-order valence-electron chi connectivity index (χ4n) is 0.144. The number of hydrogen-bond donors (Lipinski definition) is 0. The zero-order valence-corrected chi connectivity index (χ0v) is 5.02. The van der Waals surface area contributed by atoms with Crippen molar-refractivity contribution in [2.75, 3.05) is 7.11 Å². The molecule has 0 aliphatic heterocycles. The number of rotatable bonds is 1. The van der Waals surface area contributed by atoms with Crippen LogP contribution < -0.4 is 18.9 Å². The van der Waals surface area contributed by atoms with E-state index < -0.39 is 0 Å². The van der Waals surface area contributed by atoms with Gasteiger partial charge in [0.1, 0.15) is 0 Å². The summed E-state index contributed by atoms with van der Waals surface area (Å²) in [5.74, 6) is -0.157. The predicted molar refractivity (Wildman–Crippen MR) is 23.4 cm³/mol. The Morgan fingerprint density at radius 3 is 2.29 bits per heavy atom. The van der Waals surface area contributed by atoms with E-state index in [0.29, 0.717) is 6.42 Å². The molecule has 0 radical (unpaired) electrons. The predicted octanol–water partition coefficient (Wildman–Crippen LogP) is -2.31. The summed E-state index contributed by atoms with van der Waals surface area (Å²) in [6.07, 6.45) is 0.469. The van der Waals surface area contributed by atoms with Gasteiger partial charge in [0.25, 0.3) is 0 Å². The molecule has 7 heavy (non-hydrogen) atoms. The van der Waals surface area contributed by atoms with E-state index in [1.54, 1.807) is 6.92 Å². The van der Waals surface area contributed by atoms with Gasteiger partial charge in [0.2, 0.25) is 0 Å². The molecule has 38 valence electrons. The molecule has 0 atom stereocenters. The molecule has 0 N–H and O–H groups in total. The van der Waals surface area contributed by atoms with Crippen LogP contribution >= 0.6 is 0 Å². The van der Waals surface area contributed by atoms with Gasteiger partial charge in [0.05, 0.1) is 7.11 Å². The Labute approximate surface area is 56.9 Å². The van der Waals surface area contributed by atoms with Crippen molar-refractivity contribution in [2.45, 2.75) is 13.3 Å². The van der Waals surface area contributed by atoms with Crippen LogP contribution in [0.15, 0.2) is 0 Å². The third-order valence-corrected chi connectivity index (χ3v) is 0.516. The molecule has 0 fully saturated rings. The smallest absolute Gasteiger partial charge is 1.00 e. The summed E-state index contributed by atoms with van der Waals surface area (Å²) < 4.78 is 4.26. The Morgan fingerprint density at radius 1 is 1.86 bits per heavy atom. The summed E-state index contributed by atoms with van der Waals surface area (Å²) in [7, 11) is 1.38. The van der Waals surface area contributed by atoms with E-state index in [2.05, 4.69) is 4.74 Å². The molecule has 0 aromatic rings. The second-order valence-corrected chi connectivity index (χ2v) is 0.930. The largest absolute Gasteiger partial charge is 1.00 e. The van der Waals surface area contributed by atoms with Crippen molar-refractivity contribution in [1.82, 2.24) is 0 Å². The minimum atomic E-state index is -0.157. The molecule has 0 aromatic heterocycles. The van der Waals surface area contributed by atoms with E-state index in [4.69, 9.17) is 0 Å². The topological polar surface area (TPSA) is 26.3 Å². The molecule has 0 saturated carbocycles. The second kappa shape index (κ2) is 6.07. The van der Waals surface area contributed by atoms with E-state index >= 15 is 0 Å². The first kappa shape index (κ1) is 10.1. The maximum atomic E-state index is 9.96. The number of hydrogen-bond acceptors (Lipinski definition) is 2. The molecule has 0 amide bonds. The van der Waals surface area contributed by atoms with Gasteiger partial charge in [-0.15, -0.1) is 0 Å². The average Bonchev–Trinajstić information content (AvgIpc) is 1.65. The van der Waals surface area contributed by atoms with Crippen molar-refractivity contribution < 1.29 is 29.8 Å². The summed E-state index contributed by atoms with van der Waals surface area (Å²) in [5.41, 5.74) is 0. The Bertz CT molecular complexity index is 52.0. The third kappa shape index (κ3) is 6.07. The molecule has 0 heterocycles. The van der Waals surface area contributed by atoms with Crippen LogP contribution in [0, 0.1) is 0 Å². The van der Waals surface area contributed by atoms with Crippen molar-refractivity contribution >= 4 is 5.97 Å². The molecule has 0 rings (SSSR count). The van der Waals surface area contributed by atoms with E-state index in [1.807, 2.05) is 0 Å². The fraction of sp³-hybridized carbons (Fsp3) is 0.750. The molecule has 0 bridgehead atoms. The van der Waals surface area contributed by atoms with Crippen LogP contribution in [0.4, 0.5) is 0 Å². The Kier molecular flexibility index (Phi) is 8.78. The first-order valence-corrected chi connectivity index (χ1v) is 1.88. The van der Waals surface area contributed by atoms with Crippen molar-refractivity contribution in [3.8, 4) is 0 Å². The molecular formula is C4H9LiO2. The van der Waals surface area contributed by atoms with Gasteiger partial charge in [-0.05, 0) is 0 Å². The molecule has 2 nitrogen and oxygen atoms in total. The van der Waals surface area contributed by atoms with Gasteiger partial charge in [0, 0.05) is 6.42 Å². The van der Waals surface area contributed by atoms with Crippen LogP contribution in [-0.4, -0.2) is 13.1 Å². The van der Waals surface area contributed by atoms with Crippen LogP contribution in [0.3, 0.4) is 0 Å². The quantitative estimate of drug-likeness (QED) is 0.271. The maximum Gasteiger partial charge on any atom is 1.00 e. The minimum absolute atomic E-state index is 0. The Morgan fingerprint density at radius 2 is 2.29 bits per heavy atom. The van der Waals surface area contributed by atoms with Crippen LogP contribution in [0.2, 0.25) is 0 Å². The Hall–Kier alpha value is 0.0674. The molecule has 0 aromatic carbocycles. The number of carbonyl (C=O) groups is 1. The Balaban J connectivity index is -0.000000125. The van der Waals surface area contributed by atoms with Crippen LogP contribution in [0.5, 0.6) is 0 Å². The second-order valence-electron chi connectivity index (χ2n) is 0.930. The van der Waals surface area contributed by atoms with Crippen molar-refractivity contribution in [1.29, 1.82) is 0 Å². The third-order valence-electron chi connectivity index (χ3n) is 0.516. The van der Waals surface area contributed by atoms with E-state index in [1.165, 1.54) is 7.11 Å². The van der Waals surface area contributed by atoms with E-state index in [-0.39, 0.29) is 26.3 Å². The molecule has 3 heteroatoms. The van der Waals surface area contributed by atoms with Crippen molar-refractivity contribution in [2.24, 2.45) is 0 Å². The standard InChI is InChI=1S/C4H8O2.Li.H/c1-3-4(5)6-2;;/h3H2,1-2H3;;/q;+1;-1. The van der Waals surface area contributed by atoms with Gasteiger partial charge in [-0.3, -0.25) is 4.79 Å². The van der Waals surface area contributed by atoms with E-state index in [9.17, 15) is 4.79 Å². The fourth-order valence-corrected chi connectivity index (χ4v) is 0.144. The first-order chi connectivity index (χ1) is 2.81. The first-order valence-electron chi connectivity index (χ1n) is 1.88. The van der Waals surface area contributed by atoms with Crippen LogP contribution in [0.1, 0.15) is 14.8 Å². The van der Waals surface area contributed by atoms with Crippen LogP contribution in [-0.2, 0) is 9.53 Å². The zero-order valence-electron chi connectivity index (χ0n) is 6.02. The number of methoxy groups -OCH3 is 1. The molecule has 0 unspecified atom stereocenters. The summed E-state index contributed by atoms with van der Waals surface area (Å²) in [5, 5.41) is 0. The molecular weight excluding hydrogens is 87.0 g/mol. The molecule has 0 aliphatic rings. The van der Waals surface area contributed by atoms with Gasteiger partial charge in [-0.2, -0.15) is 0 Å². The van der Waals surface area contributed by atoms with Crippen molar-refractivity contribution in [3.63, 3.8) is 0 Å².